The molecule has 0 aliphatic rings. The molecule has 0 aliphatic heterocycles. The van der Waals surface area contributed by atoms with Gasteiger partial charge < -0.3 is 14.2 Å². The molecule has 2 aromatic rings. The van der Waals surface area contributed by atoms with Crippen LogP contribution in [0.15, 0.2) is 60.7 Å². The molecule has 0 amide bonds. The van der Waals surface area contributed by atoms with Crippen LogP contribution in [0.25, 0.3) is 0 Å². The number of hydrogen-bond donors (Lipinski definition) is 0. The smallest absolute Gasteiger partial charge is 0.303 e. The van der Waals surface area contributed by atoms with E-state index >= 15 is 0 Å². The van der Waals surface area contributed by atoms with Gasteiger partial charge in [-0.3, -0.25) is 14.4 Å². The third-order valence-electron chi connectivity index (χ3n) is 5.14. The molecular formula is C25H30O6. The first-order chi connectivity index (χ1) is 14.7. The van der Waals surface area contributed by atoms with Gasteiger partial charge in [-0.05, 0) is 11.1 Å². The second kappa shape index (κ2) is 11.3. The molecule has 2 aromatic carbocycles. The van der Waals surface area contributed by atoms with Crippen molar-refractivity contribution in [1.82, 2.24) is 0 Å². The third kappa shape index (κ3) is 6.95. The van der Waals surface area contributed by atoms with Gasteiger partial charge in [-0.2, -0.15) is 0 Å². The Hall–Kier alpha value is -3.15. The summed E-state index contributed by atoms with van der Waals surface area (Å²) in [4.78, 5) is 35.7. The summed E-state index contributed by atoms with van der Waals surface area (Å²) < 4.78 is 17.0. The number of benzene rings is 2. The van der Waals surface area contributed by atoms with E-state index in [0.29, 0.717) is 0 Å². The number of carbonyl (C=O) groups is 3. The van der Waals surface area contributed by atoms with Crippen LogP contribution in [-0.2, 0) is 28.6 Å². The van der Waals surface area contributed by atoms with E-state index in [1.54, 1.807) is 0 Å². The second-order valence-electron chi connectivity index (χ2n) is 7.67. The number of ether oxygens (including phenoxy) is 3. The minimum Gasteiger partial charge on any atom is -0.462 e. The first kappa shape index (κ1) is 24.1. The van der Waals surface area contributed by atoms with Gasteiger partial charge in [0, 0.05) is 32.6 Å². The van der Waals surface area contributed by atoms with E-state index < -0.39 is 48.1 Å². The normalized spacial score (nSPS) is 15.6. The Balaban J connectivity index is 2.45. The van der Waals surface area contributed by atoms with E-state index in [-0.39, 0.29) is 0 Å². The van der Waals surface area contributed by atoms with E-state index in [1.807, 2.05) is 74.5 Å². The van der Waals surface area contributed by atoms with Crippen molar-refractivity contribution < 1.29 is 28.6 Å². The van der Waals surface area contributed by atoms with Crippen LogP contribution in [0, 0.1) is 11.8 Å². The fourth-order valence-corrected chi connectivity index (χ4v) is 3.83. The largest absolute Gasteiger partial charge is 0.462 e. The number of carbonyl (C=O) groups excluding carboxylic acids is 3. The summed E-state index contributed by atoms with van der Waals surface area (Å²) in [5.41, 5.74) is 1.58. The predicted molar refractivity (Wildman–Crippen MR) is 116 cm³/mol. The van der Waals surface area contributed by atoms with Gasteiger partial charge in [0.15, 0.2) is 0 Å². The SMILES string of the molecule is CC(=O)OC([C@@H](C)[C@H](OC(C)=O)c1ccccc1)[C@H](C)[C@H](OC(C)=O)c1ccccc1. The van der Waals surface area contributed by atoms with Crippen LogP contribution >= 0.6 is 0 Å². The highest BCUT2D eigenvalue weighted by atomic mass is 16.6. The molecule has 6 nitrogen and oxygen atoms in total. The molecule has 5 atom stereocenters. The fourth-order valence-electron chi connectivity index (χ4n) is 3.83. The lowest BCUT2D eigenvalue weighted by atomic mass is 9.81. The van der Waals surface area contributed by atoms with Gasteiger partial charge in [0.1, 0.15) is 18.3 Å². The Labute approximate surface area is 183 Å². The van der Waals surface area contributed by atoms with Crippen LogP contribution in [0.2, 0.25) is 0 Å². The third-order valence-corrected chi connectivity index (χ3v) is 5.14. The molecule has 2 rings (SSSR count). The van der Waals surface area contributed by atoms with Gasteiger partial charge in [0.2, 0.25) is 0 Å². The van der Waals surface area contributed by atoms with Gasteiger partial charge in [0.25, 0.3) is 0 Å². The minimum absolute atomic E-state index is 0.410. The van der Waals surface area contributed by atoms with Gasteiger partial charge in [-0.1, -0.05) is 74.5 Å². The van der Waals surface area contributed by atoms with Crippen LogP contribution in [0.1, 0.15) is 58.0 Å². The Morgan fingerprint density at radius 1 is 0.581 bits per heavy atom. The van der Waals surface area contributed by atoms with Crippen LogP contribution in [0.5, 0.6) is 0 Å². The summed E-state index contributed by atoms with van der Waals surface area (Å²) in [5, 5.41) is 0. The number of rotatable bonds is 9. The van der Waals surface area contributed by atoms with Crippen molar-refractivity contribution in [3.05, 3.63) is 71.8 Å². The molecule has 0 fully saturated rings. The van der Waals surface area contributed by atoms with Crippen molar-refractivity contribution >= 4 is 17.9 Å². The molecule has 1 unspecified atom stereocenters. The Bertz CT molecular complexity index is 799. The van der Waals surface area contributed by atoms with Crippen LogP contribution in [-0.4, -0.2) is 24.0 Å². The zero-order chi connectivity index (χ0) is 23.0. The van der Waals surface area contributed by atoms with E-state index in [9.17, 15) is 14.4 Å². The summed E-state index contributed by atoms with van der Waals surface area (Å²) in [7, 11) is 0. The van der Waals surface area contributed by atoms with Crippen molar-refractivity contribution in [3.8, 4) is 0 Å². The van der Waals surface area contributed by atoms with E-state index in [4.69, 9.17) is 14.2 Å². The molecule has 0 saturated heterocycles. The standard InChI is InChI=1S/C25H30O6/c1-16(24(30-19(4)27)21-12-8-6-9-13-21)23(29-18(3)26)17(2)25(31-20(5)28)22-14-10-7-11-15-22/h6-17,23-25H,1-5H3/t16-,17+,23?,24-,25-/m0/s1. The highest BCUT2D eigenvalue weighted by Crippen LogP contribution is 2.38. The first-order valence-electron chi connectivity index (χ1n) is 10.3. The molecular weight excluding hydrogens is 396 g/mol. The van der Waals surface area contributed by atoms with Crippen LogP contribution in [0.4, 0.5) is 0 Å². The molecule has 0 aliphatic carbocycles. The maximum absolute atomic E-state index is 12.0. The lowest BCUT2D eigenvalue weighted by Gasteiger charge is -2.36. The Kier molecular flexibility index (Phi) is 8.79. The fraction of sp³-hybridized carbons (Fsp3) is 0.400. The van der Waals surface area contributed by atoms with Gasteiger partial charge >= 0.3 is 17.9 Å². The van der Waals surface area contributed by atoms with E-state index in [2.05, 4.69) is 0 Å². The molecule has 0 saturated carbocycles. The summed E-state index contributed by atoms with van der Waals surface area (Å²) >= 11 is 0. The first-order valence-corrected chi connectivity index (χ1v) is 10.3. The Morgan fingerprint density at radius 2 is 0.903 bits per heavy atom. The molecule has 0 spiro atoms. The van der Waals surface area contributed by atoms with E-state index in [0.717, 1.165) is 11.1 Å². The van der Waals surface area contributed by atoms with Crippen molar-refractivity contribution in [1.29, 1.82) is 0 Å². The molecule has 0 N–H and O–H groups in total. The lowest BCUT2D eigenvalue weighted by Crippen LogP contribution is -2.39. The summed E-state index contributed by atoms with van der Waals surface area (Å²) in [6.45, 7) is 7.75. The molecule has 6 heteroatoms. The molecule has 0 aromatic heterocycles. The molecule has 166 valence electrons. The lowest BCUT2D eigenvalue weighted by molar-refractivity contribution is -0.169. The summed E-state index contributed by atoms with van der Waals surface area (Å²) in [6, 6.07) is 18.6. The average molecular weight is 427 g/mol. The van der Waals surface area contributed by atoms with E-state index in [1.165, 1.54) is 20.8 Å². The second-order valence-corrected chi connectivity index (χ2v) is 7.67. The average Bonchev–Trinajstić information content (AvgIpc) is 2.74. The summed E-state index contributed by atoms with van der Waals surface area (Å²) in [5.74, 6) is -2.16. The van der Waals surface area contributed by atoms with Crippen molar-refractivity contribution in [2.75, 3.05) is 0 Å². The number of esters is 3. The van der Waals surface area contributed by atoms with Crippen molar-refractivity contribution in [3.63, 3.8) is 0 Å². The maximum Gasteiger partial charge on any atom is 0.303 e. The van der Waals surface area contributed by atoms with Crippen molar-refractivity contribution in [2.24, 2.45) is 11.8 Å². The minimum atomic E-state index is -0.688. The van der Waals surface area contributed by atoms with Crippen LogP contribution in [0.3, 0.4) is 0 Å². The van der Waals surface area contributed by atoms with Crippen LogP contribution < -0.4 is 0 Å². The van der Waals surface area contributed by atoms with Crippen molar-refractivity contribution in [2.45, 2.75) is 52.9 Å². The maximum atomic E-state index is 12.0. The number of hydrogen-bond acceptors (Lipinski definition) is 6. The Morgan fingerprint density at radius 3 is 1.19 bits per heavy atom. The predicted octanol–water partition coefficient (Wildman–Crippen LogP) is 4.80. The summed E-state index contributed by atoms with van der Waals surface area (Å²) in [6.07, 6.45) is -1.97. The van der Waals surface area contributed by atoms with Gasteiger partial charge in [-0.15, -0.1) is 0 Å². The van der Waals surface area contributed by atoms with Gasteiger partial charge in [0.05, 0.1) is 0 Å². The molecule has 0 bridgehead atoms. The van der Waals surface area contributed by atoms with Gasteiger partial charge in [-0.25, -0.2) is 0 Å². The highest BCUT2D eigenvalue weighted by Gasteiger charge is 2.39. The zero-order valence-electron chi connectivity index (χ0n) is 18.6. The zero-order valence-corrected chi connectivity index (χ0v) is 18.6. The monoisotopic (exact) mass is 426 g/mol. The quantitative estimate of drug-likeness (QED) is 0.423. The molecule has 0 radical (unpaired) electrons. The topological polar surface area (TPSA) is 78.9 Å². The molecule has 0 heterocycles. The molecule has 31 heavy (non-hydrogen) atoms. The highest BCUT2D eigenvalue weighted by molar-refractivity contribution is 5.67.